The number of nitrogens with zero attached hydrogens (tertiary/aromatic N) is 1. The highest BCUT2D eigenvalue weighted by atomic mass is 32.2. The first-order valence-electron chi connectivity index (χ1n) is 4.48. The lowest BCUT2D eigenvalue weighted by Gasteiger charge is -2.01. The van der Waals surface area contributed by atoms with Gasteiger partial charge in [0.05, 0.1) is 11.4 Å². The Morgan fingerprint density at radius 1 is 1.57 bits per heavy atom. The van der Waals surface area contributed by atoms with Gasteiger partial charge in [-0.05, 0) is 19.1 Å². The van der Waals surface area contributed by atoms with Gasteiger partial charge < -0.3 is 4.98 Å². The Balaban J connectivity index is 2.75. The second-order valence-electron chi connectivity index (χ2n) is 2.96. The van der Waals surface area contributed by atoms with E-state index in [9.17, 15) is 9.18 Å². The Morgan fingerprint density at radius 3 is 2.86 bits per heavy atom. The van der Waals surface area contributed by atoms with E-state index in [0.29, 0.717) is 11.6 Å². The number of thioether (sulfide) groups is 1. The molecule has 5 heteroatoms. The van der Waals surface area contributed by atoms with Crippen LogP contribution in [-0.2, 0) is 5.75 Å². The Kier molecular flexibility index (Phi) is 4.13. The van der Waals surface area contributed by atoms with Crippen LogP contribution in [0.2, 0.25) is 0 Å². The maximum atomic E-state index is 12.9. The molecule has 3 nitrogen and oxygen atoms in total. The average Bonchev–Trinajstić information content (AvgIpc) is 2.14. The van der Waals surface area contributed by atoms with E-state index in [1.807, 2.05) is 0 Å². The van der Waals surface area contributed by atoms with E-state index in [4.69, 9.17) is 0 Å². The van der Waals surface area contributed by atoms with Crippen LogP contribution in [0, 0.1) is 12.7 Å². The van der Waals surface area contributed by atoms with Crippen LogP contribution in [0.25, 0.3) is 0 Å². The lowest BCUT2D eigenvalue weighted by atomic mass is 10.4. The van der Waals surface area contributed by atoms with Crippen molar-refractivity contribution in [2.45, 2.75) is 26.0 Å². The van der Waals surface area contributed by atoms with Gasteiger partial charge in [0.25, 0.3) is 5.56 Å². The SMILES string of the molecule is CCCSCc1nc(C)c(F)c(=O)[nH]1. The smallest absolute Gasteiger partial charge is 0.287 e. The molecule has 0 saturated carbocycles. The van der Waals surface area contributed by atoms with Crippen molar-refractivity contribution >= 4 is 11.8 Å². The molecule has 1 heterocycles. The van der Waals surface area contributed by atoms with Gasteiger partial charge in [-0.1, -0.05) is 6.92 Å². The second-order valence-corrected chi connectivity index (χ2v) is 4.07. The van der Waals surface area contributed by atoms with E-state index in [1.165, 1.54) is 6.92 Å². The van der Waals surface area contributed by atoms with Crippen LogP contribution in [0.1, 0.15) is 24.9 Å². The highest BCUT2D eigenvalue weighted by Gasteiger charge is 2.06. The Bertz CT molecular complexity index is 364. The van der Waals surface area contributed by atoms with Gasteiger partial charge in [-0.15, -0.1) is 0 Å². The fourth-order valence-electron chi connectivity index (χ4n) is 1.01. The molecule has 0 bridgehead atoms. The molecular formula is C9H13FN2OS. The summed E-state index contributed by atoms with van der Waals surface area (Å²) in [5.41, 5.74) is -0.509. The average molecular weight is 216 g/mol. The Morgan fingerprint density at radius 2 is 2.29 bits per heavy atom. The van der Waals surface area contributed by atoms with Crippen molar-refractivity contribution in [2.24, 2.45) is 0 Å². The van der Waals surface area contributed by atoms with Gasteiger partial charge in [-0.25, -0.2) is 4.98 Å². The van der Waals surface area contributed by atoms with E-state index in [2.05, 4.69) is 16.9 Å². The van der Waals surface area contributed by atoms with Gasteiger partial charge in [0.15, 0.2) is 0 Å². The molecule has 0 spiro atoms. The van der Waals surface area contributed by atoms with Gasteiger partial charge in [0.1, 0.15) is 5.82 Å². The number of hydrogen-bond donors (Lipinski definition) is 1. The van der Waals surface area contributed by atoms with Crippen LogP contribution >= 0.6 is 11.8 Å². The molecule has 1 N–H and O–H groups in total. The van der Waals surface area contributed by atoms with E-state index < -0.39 is 11.4 Å². The molecule has 0 aliphatic heterocycles. The Hall–Kier alpha value is -0.840. The fourth-order valence-corrected chi connectivity index (χ4v) is 1.77. The van der Waals surface area contributed by atoms with Crippen molar-refractivity contribution in [2.75, 3.05) is 5.75 Å². The highest BCUT2D eigenvalue weighted by molar-refractivity contribution is 7.98. The number of aromatic amines is 1. The van der Waals surface area contributed by atoms with E-state index in [0.717, 1.165) is 12.2 Å². The van der Waals surface area contributed by atoms with Crippen molar-refractivity contribution in [1.29, 1.82) is 0 Å². The summed E-state index contributed by atoms with van der Waals surface area (Å²) in [6.07, 6.45) is 1.08. The van der Waals surface area contributed by atoms with Crippen LogP contribution in [0.5, 0.6) is 0 Å². The Labute approximate surface area is 86.1 Å². The first kappa shape index (κ1) is 11.2. The van der Waals surface area contributed by atoms with Crippen LogP contribution < -0.4 is 5.56 Å². The number of aromatic nitrogens is 2. The van der Waals surface area contributed by atoms with Gasteiger partial charge in [0, 0.05) is 0 Å². The lowest BCUT2D eigenvalue weighted by molar-refractivity contribution is 0.584. The summed E-state index contributed by atoms with van der Waals surface area (Å²) in [5.74, 6) is 1.41. The summed E-state index contributed by atoms with van der Waals surface area (Å²) in [6, 6.07) is 0. The van der Waals surface area contributed by atoms with Crippen LogP contribution in [0.3, 0.4) is 0 Å². The molecule has 14 heavy (non-hydrogen) atoms. The predicted octanol–water partition coefficient (Wildman–Crippen LogP) is 1.86. The highest BCUT2D eigenvalue weighted by Crippen LogP contribution is 2.08. The standard InChI is InChI=1S/C9H13FN2OS/c1-3-4-14-5-7-11-6(2)8(10)9(13)12-7/h3-5H2,1-2H3,(H,11,12,13). The summed E-state index contributed by atoms with van der Waals surface area (Å²) in [6.45, 7) is 3.58. The summed E-state index contributed by atoms with van der Waals surface area (Å²) >= 11 is 1.67. The largest absolute Gasteiger partial charge is 0.307 e. The molecule has 0 atom stereocenters. The van der Waals surface area contributed by atoms with E-state index >= 15 is 0 Å². The monoisotopic (exact) mass is 216 g/mol. The second kappa shape index (κ2) is 5.14. The molecule has 0 aliphatic carbocycles. The third kappa shape index (κ3) is 2.83. The topological polar surface area (TPSA) is 45.8 Å². The third-order valence-corrected chi connectivity index (χ3v) is 2.84. The molecule has 78 valence electrons. The number of aryl methyl sites for hydroxylation is 1. The molecular weight excluding hydrogens is 203 g/mol. The van der Waals surface area contributed by atoms with Crippen molar-refractivity contribution < 1.29 is 4.39 Å². The van der Waals surface area contributed by atoms with Crippen LogP contribution in [0.4, 0.5) is 4.39 Å². The third-order valence-electron chi connectivity index (χ3n) is 1.66. The molecule has 0 amide bonds. The molecule has 0 unspecified atom stereocenters. The van der Waals surface area contributed by atoms with Gasteiger partial charge in [-0.2, -0.15) is 16.2 Å². The predicted molar refractivity (Wildman–Crippen MR) is 56.0 cm³/mol. The number of rotatable bonds is 4. The van der Waals surface area contributed by atoms with Crippen molar-refractivity contribution in [3.8, 4) is 0 Å². The van der Waals surface area contributed by atoms with Crippen molar-refractivity contribution in [3.05, 3.63) is 27.7 Å². The number of nitrogens with one attached hydrogen (secondary N) is 1. The molecule has 0 aromatic carbocycles. The number of hydrogen-bond acceptors (Lipinski definition) is 3. The van der Waals surface area contributed by atoms with Gasteiger partial charge in [0.2, 0.25) is 5.82 Å². The number of H-pyrrole nitrogens is 1. The van der Waals surface area contributed by atoms with Crippen LogP contribution in [0.15, 0.2) is 4.79 Å². The fraction of sp³-hybridized carbons (Fsp3) is 0.556. The minimum Gasteiger partial charge on any atom is -0.307 e. The molecule has 0 radical (unpaired) electrons. The van der Waals surface area contributed by atoms with Gasteiger partial charge in [-0.3, -0.25) is 4.79 Å². The normalized spacial score (nSPS) is 10.5. The maximum absolute atomic E-state index is 12.9. The summed E-state index contributed by atoms with van der Waals surface area (Å²) in [5, 5.41) is 0. The van der Waals surface area contributed by atoms with Crippen molar-refractivity contribution in [1.82, 2.24) is 9.97 Å². The molecule has 0 fully saturated rings. The molecule has 1 aromatic rings. The van der Waals surface area contributed by atoms with Crippen molar-refractivity contribution in [3.63, 3.8) is 0 Å². The quantitative estimate of drug-likeness (QED) is 0.781. The summed E-state index contributed by atoms with van der Waals surface area (Å²) < 4.78 is 12.9. The summed E-state index contributed by atoms with van der Waals surface area (Å²) in [7, 11) is 0. The lowest BCUT2D eigenvalue weighted by Crippen LogP contribution is -2.17. The molecule has 1 rings (SSSR count). The summed E-state index contributed by atoms with van der Waals surface area (Å²) in [4.78, 5) is 17.4. The van der Waals surface area contributed by atoms with E-state index in [1.54, 1.807) is 11.8 Å². The molecule has 1 aromatic heterocycles. The zero-order valence-corrected chi connectivity index (χ0v) is 9.08. The maximum Gasteiger partial charge on any atom is 0.287 e. The first-order valence-corrected chi connectivity index (χ1v) is 5.63. The van der Waals surface area contributed by atoms with E-state index in [-0.39, 0.29) is 5.69 Å². The van der Waals surface area contributed by atoms with Gasteiger partial charge >= 0.3 is 0 Å². The first-order chi connectivity index (χ1) is 6.65. The zero-order valence-electron chi connectivity index (χ0n) is 8.26. The molecule has 0 saturated heterocycles. The zero-order chi connectivity index (χ0) is 10.6. The molecule has 0 aliphatic rings. The van der Waals surface area contributed by atoms with Crippen LogP contribution in [-0.4, -0.2) is 15.7 Å². The number of halogens is 1. The minimum absolute atomic E-state index is 0.167. The minimum atomic E-state index is -0.783.